The number of ether oxygens (including phenoxy) is 10. The first-order valence-electron chi connectivity index (χ1n) is 30.3. The predicted octanol–water partition coefficient (Wildman–Crippen LogP) is -2.29. The third kappa shape index (κ3) is 13.4. The summed E-state index contributed by atoms with van der Waals surface area (Å²) < 4.78 is 101. The minimum atomic E-state index is -4.89. The van der Waals surface area contributed by atoms with Crippen molar-refractivity contribution in [3.63, 3.8) is 0 Å². The van der Waals surface area contributed by atoms with Gasteiger partial charge in [-0.3, -0.25) is 9.35 Å². The van der Waals surface area contributed by atoms with E-state index in [4.69, 9.17) is 51.6 Å². The third-order valence-electron chi connectivity index (χ3n) is 20.6. The first kappa shape index (κ1) is 68.7. The lowest BCUT2D eigenvalue weighted by molar-refractivity contribution is -0.407. The van der Waals surface area contributed by atoms with Gasteiger partial charge in [0.05, 0.1) is 48.8 Å². The molecule has 5 aliphatic heterocycles. The Labute approximate surface area is 500 Å². The van der Waals surface area contributed by atoms with Gasteiger partial charge < -0.3 is 114 Å². The molecule has 9 rings (SSSR count). The van der Waals surface area contributed by atoms with E-state index >= 15 is 0 Å². The molecular weight excluding hydrogens is 1160 g/mol. The average molecular weight is 1260 g/mol. The van der Waals surface area contributed by atoms with Crippen LogP contribution in [0.25, 0.3) is 0 Å². The molecule has 0 spiro atoms. The molecule has 9 aliphatic rings. The normalized spacial score (nSPS) is 51.7. The topological polar surface area (TPSA) is 436 Å². The molecule has 0 aromatic rings. The van der Waals surface area contributed by atoms with Crippen LogP contribution in [0, 0.1) is 40.4 Å². The fourth-order valence-electron chi connectivity index (χ4n) is 16.0. The van der Waals surface area contributed by atoms with Crippen LogP contribution in [0.4, 0.5) is 0 Å². The molecule has 0 aromatic heterocycles. The van der Waals surface area contributed by atoms with Crippen molar-refractivity contribution in [2.24, 2.45) is 40.4 Å². The van der Waals surface area contributed by atoms with Crippen molar-refractivity contribution in [1.29, 1.82) is 0 Å². The van der Waals surface area contributed by atoms with E-state index in [0.29, 0.717) is 32.1 Å². The SMILES string of the molecule is CC(C)CC(=O)C[C@](C)(O)[C@H]1CC[C@H]2[C@@H]3C[C@H](O[C@@H]4O[C@H](C)[C@@H](O)[C@H](O[C@@H]5O[C@H](C)[C@@H](O[C@@H]6O[C@H](CO)[C@H](O)[C@H](O)[C@H]6O[C@@H]6O[C@H](C)[C@H](O)[C@H](O)[C@H]6O)[C@H](O)[C@H]5O[C@@H]5O[C@H](C)[C@@H](O)[C@H](O)[C@H]5O)[C@H]4O)[C@H]4C[C@@H](OS(=O)(=O)O)CC[C@]4(C)C3=CC[C@@]21C. The smallest absolute Gasteiger partial charge is 0.394 e. The summed E-state index contributed by atoms with van der Waals surface area (Å²) in [7, 11) is -4.89. The molecule has 0 amide bonds. The van der Waals surface area contributed by atoms with Gasteiger partial charge in [-0.2, -0.15) is 8.42 Å². The van der Waals surface area contributed by atoms with Crippen molar-refractivity contribution in [2.45, 2.75) is 291 Å². The molecule has 3 saturated carbocycles. The molecule has 0 bridgehead atoms. The zero-order valence-electron chi connectivity index (χ0n) is 50.0. The maximum atomic E-state index is 13.2. The highest BCUT2D eigenvalue weighted by atomic mass is 32.3. The van der Waals surface area contributed by atoms with Crippen LogP contribution in [0.15, 0.2) is 11.6 Å². The molecule has 496 valence electrons. The summed E-state index contributed by atoms with van der Waals surface area (Å²) in [5.41, 5.74) is -1.27. The molecule has 8 fully saturated rings. The Morgan fingerprint density at radius 3 is 1.71 bits per heavy atom. The number of allylic oxidation sites excluding steroid dienone is 2. The number of aliphatic hydroxyl groups excluding tert-OH is 12. The summed E-state index contributed by atoms with van der Waals surface area (Å²) in [6.07, 6.45) is -38.7. The van der Waals surface area contributed by atoms with Gasteiger partial charge in [-0.25, -0.2) is 4.18 Å². The van der Waals surface area contributed by atoms with Crippen molar-refractivity contribution < 1.29 is 136 Å². The van der Waals surface area contributed by atoms with Gasteiger partial charge in [-0.15, -0.1) is 0 Å². The highest BCUT2D eigenvalue weighted by Gasteiger charge is 2.64. The van der Waals surface area contributed by atoms with E-state index in [0.717, 1.165) is 12.0 Å². The number of Topliss-reactive ketones (excluding diaryl/α,β-unsaturated/α-hetero) is 1. The van der Waals surface area contributed by atoms with Crippen molar-refractivity contribution in [1.82, 2.24) is 0 Å². The van der Waals surface area contributed by atoms with Gasteiger partial charge in [0.15, 0.2) is 31.5 Å². The lowest BCUT2D eigenvalue weighted by Gasteiger charge is -2.60. The van der Waals surface area contributed by atoms with Crippen LogP contribution < -0.4 is 0 Å². The maximum Gasteiger partial charge on any atom is 0.397 e. The number of ketones is 1. The Balaban J connectivity index is 0.996. The summed E-state index contributed by atoms with van der Waals surface area (Å²) in [5, 5.41) is 146. The second-order valence-corrected chi connectivity index (χ2v) is 28.1. The van der Waals surface area contributed by atoms with Gasteiger partial charge in [-0.05, 0) is 120 Å². The Bertz CT molecular complexity index is 2460. The molecule has 5 heterocycles. The number of fused-ring (bicyclic) bond motifs is 5. The molecule has 14 N–H and O–H groups in total. The van der Waals surface area contributed by atoms with E-state index in [1.54, 1.807) is 6.92 Å². The first-order chi connectivity index (χ1) is 40.1. The summed E-state index contributed by atoms with van der Waals surface area (Å²) in [4.78, 5) is 13.2. The lowest BCUT2D eigenvalue weighted by atomic mass is 9.47. The molecule has 86 heavy (non-hydrogen) atoms. The van der Waals surface area contributed by atoms with E-state index in [2.05, 4.69) is 19.9 Å². The van der Waals surface area contributed by atoms with Gasteiger partial charge >= 0.3 is 10.4 Å². The Kier molecular flexibility index (Phi) is 21.1. The van der Waals surface area contributed by atoms with Crippen molar-refractivity contribution in [3.05, 3.63) is 11.6 Å². The van der Waals surface area contributed by atoms with E-state index in [1.807, 2.05) is 13.8 Å². The van der Waals surface area contributed by atoms with Gasteiger partial charge in [0.2, 0.25) is 0 Å². The summed E-state index contributed by atoms with van der Waals surface area (Å²) in [5.74, 6) is -0.812. The Morgan fingerprint density at radius 1 is 0.616 bits per heavy atom. The second-order valence-electron chi connectivity index (χ2n) is 27.1. The van der Waals surface area contributed by atoms with E-state index in [-0.39, 0.29) is 48.7 Å². The molecule has 5 saturated heterocycles. The number of rotatable bonds is 18. The molecule has 0 unspecified atom stereocenters. The Hall–Kier alpha value is -1.64. The van der Waals surface area contributed by atoms with E-state index in [9.17, 15) is 84.1 Å². The average Bonchev–Trinajstić information content (AvgIpc) is 1.34. The molecule has 34 atom stereocenters. The van der Waals surface area contributed by atoms with Crippen LogP contribution in [-0.4, -0.2) is 263 Å². The van der Waals surface area contributed by atoms with Gasteiger partial charge in [0.1, 0.15) is 103 Å². The zero-order valence-corrected chi connectivity index (χ0v) is 50.8. The van der Waals surface area contributed by atoms with Crippen LogP contribution in [-0.2, 0) is 66.7 Å². The van der Waals surface area contributed by atoms with Crippen molar-refractivity contribution in [2.75, 3.05) is 6.61 Å². The number of aliphatic hydroxyl groups is 13. The highest BCUT2D eigenvalue weighted by Crippen LogP contribution is 2.67. The standard InChI is InChI=1S/C57H94O28S/c1-21(2)16-26(59)19-57(9,71)34-11-10-29-28-18-32(31-17-27(85-86(72,73)74)12-14-55(31,7)30(28)13-15-56(29,34)8)79-52-45(70)47(37(62)24(5)77-52)82-53-49(84-51-43(68)40(65)36(61)23(4)76-51)44(69)46(25(6)78-53)81-54-48(41(66)38(63)33(20-58)80-54)83-50-42(67)39(64)35(60)22(3)75-50/h13,21-25,27-29,31-54,58,60-71H,10-12,14-20H2,1-9H3,(H,72,73,74)/t22-,23-,24-,25-,27+,28+,29+,31-,32+,33-,34+,35+,36-,37-,38+,39+,40+,41+,42-,43-,44+,45-,46-,47+,48-,49-,50+,51+,52+,53+,54+,55-,56+,57+/m1/s1. The highest BCUT2D eigenvalue weighted by molar-refractivity contribution is 7.80. The van der Waals surface area contributed by atoms with Crippen LogP contribution >= 0.6 is 0 Å². The summed E-state index contributed by atoms with van der Waals surface area (Å²) >= 11 is 0. The largest absolute Gasteiger partial charge is 0.397 e. The second kappa shape index (κ2) is 26.4. The molecule has 0 aromatic carbocycles. The summed E-state index contributed by atoms with van der Waals surface area (Å²) in [6.45, 7) is 14.6. The van der Waals surface area contributed by atoms with Gasteiger partial charge in [0.25, 0.3) is 0 Å². The lowest BCUT2D eigenvalue weighted by Crippen LogP contribution is -2.68. The monoisotopic (exact) mass is 1260 g/mol. The van der Waals surface area contributed by atoms with Crippen LogP contribution in [0.5, 0.6) is 0 Å². The first-order valence-corrected chi connectivity index (χ1v) is 31.7. The van der Waals surface area contributed by atoms with Gasteiger partial charge in [0, 0.05) is 12.8 Å². The van der Waals surface area contributed by atoms with Crippen molar-refractivity contribution >= 4 is 16.2 Å². The van der Waals surface area contributed by atoms with E-state index < -0.39 is 205 Å². The Morgan fingerprint density at radius 2 is 1.14 bits per heavy atom. The molecule has 28 nitrogen and oxygen atoms in total. The molecular formula is C57H94O28S. The molecule has 4 aliphatic carbocycles. The number of hydrogen-bond donors (Lipinski definition) is 14. The zero-order chi connectivity index (χ0) is 63.2. The fraction of sp³-hybridized carbons (Fsp3) is 0.947. The minimum Gasteiger partial charge on any atom is -0.394 e. The fourth-order valence-corrected chi connectivity index (χ4v) is 16.6. The van der Waals surface area contributed by atoms with Crippen LogP contribution in [0.1, 0.15) is 120 Å². The third-order valence-corrected chi connectivity index (χ3v) is 21.1. The van der Waals surface area contributed by atoms with E-state index in [1.165, 1.54) is 27.7 Å². The molecule has 0 radical (unpaired) electrons. The number of carbonyl (C=O) groups excluding carboxylic acids is 1. The molecule has 29 heteroatoms. The minimum absolute atomic E-state index is 0.00741. The quantitative estimate of drug-likeness (QED) is 0.0507. The van der Waals surface area contributed by atoms with Crippen molar-refractivity contribution in [3.8, 4) is 0 Å². The van der Waals surface area contributed by atoms with Crippen LogP contribution in [0.2, 0.25) is 0 Å². The predicted molar refractivity (Wildman–Crippen MR) is 290 cm³/mol. The summed E-state index contributed by atoms with van der Waals surface area (Å²) in [6, 6.07) is 0. The maximum absolute atomic E-state index is 13.2. The van der Waals surface area contributed by atoms with Crippen LogP contribution in [0.3, 0.4) is 0 Å². The number of hydrogen-bond acceptors (Lipinski definition) is 27. The number of carbonyl (C=O) groups is 1. The van der Waals surface area contributed by atoms with Gasteiger partial charge in [-0.1, -0.05) is 39.3 Å².